The normalized spacial score (nSPS) is 12.2. The molecule has 1 atom stereocenters. The van der Waals surface area contributed by atoms with E-state index < -0.39 is 0 Å². The Kier molecular flexibility index (Phi) is 4.31. The molecule has 20 heavy (non-hydrogen) atoms. The van der Waals surface area contributed by atoms with Gasteiger partial charge in [0.25, 0.3) is 5.56 Å². The standard InChI is InChI=1S/C13H16N4O2S/c1-7(14)12-8(19-2)4-3-5-9(12)20-13-16-10(15)6-11(18)17-13/h3-7H,14H2,1-2H3,(H3,15,16,17,18)/t7-/m1/s1. The minimum atomic E-state index is -0.287. The van der Waals surface area contributed by atoms with Crippen LogP contribution in [0.5, 0.6) is 5.75 Å². The molecule has 7 heteroatoms. The van der Waals surface area contributed by atoms with E-state index in [1.165, 1.54) is 17.8 Å². The van der Waals surface area contributed by atoms with Crippen molar-refractivity contribution in [1.29, 1.82) is 0 Å². The molecule has 1 heterocycles. The number of nitrogens with zero attached hydrogens (tertiary/aromatic N) is 1. The summed E-state index contributed by atoms with van der Waals surface area (Å²) in [5.74, 6) is 0.887. The van der Waals surface area contributed by atoms with E-state index in [1.807, 2.05) is 25.1 Å². The van der Waals surface area contributed by atoms with Crippen LogP contribution in [0.1, 0.15) is 18.5 Å². The quantitative estimate of drug-likeness (QED) is 0.738. The van der Waals surface area contributed by atoms with Gasteiger partial charge in [0, 0.05) is 22.6 Å². The summed E-state index contributed by atoms with van der Waals surface area (Å²) in [6, 6.07) is 6.63. The van der Waals surface area contributed by atoms with Crippen LogP contribution in [-0.2, 0) is 0 Å². The van der Waals surface area contributed by atoms with Gasteiger partial charge < -0.3 is 21.2 Å². The average Bonchev–Trinajstić information content (AvgIpc) is 2.36. The summed E-state index contributed by atoms with van der Waals surface area (Å²) in [6.45, 7) is 1.87. The topological polar surface area (TPSA) is 107 Å². The highest BCUT2D eigenvalue weighted by molar-refractivity contribution is 7.99. The van der Waals surface area contributed by atoms with Gasteiger partial charge >= 0.3 is 0 Å². The van der Waals surface area contributed by atoms with E-state index in [4.69, 9.17) is 16.2 Å². The summed E-state index contributed by atoms with van der Waals surface area (Å²) in [6.07, 6.45) is 0. The van der Waals surface area contributed by atoms with Crippen LogP contribution in [0.15, 0.2) is 39.1 Å². The van der Waals surface area contributed by atoms with E-state index in [1.54, 1.807) is 7.11 Å². The number of nitrogen functional groups attached to an aromatic ring is 1. The van der Waals surface area contributed by atoms with Crippen LogP contribution >= 0.6 is 11.8 Å². The minimum absolute atomic E-state index is 0.182. The molecular formula is C13H16N4O2S. The van der Waals surface area contributed by atoms with Crippen molar-refractivity contribution in [2.75, 3.05) is 12.8 Å². The highest BCUT2D eigenvalue weighted by Crippen LogP contribution is 2.36. The Morgan fingerprint density at radius 3 is 2.80 bits per heavy atom. The van der Waals surface area contributed by atoms with E-state index in [0.717, 1.165) is 10.5 Å². The van der Waals surface area contributed by atoms with Gasteiger partial charge in [-0.2, -0.15) is 0 Å². The van der Waals surface area contributed by atoms with Crippen molar-refractivity contribution in [2.45, 2.75) is 23.0 Å². The van der Waals surface area contributed by atoms with Crippen LogP contribution < -0.4 is 21.8 Å². The number of methoxy groups -OCH3 is 1. The number of hydrogen-bond acceptors (Lipinski definition) is 6. The zero-order chi connectivity index (χ0) is 14.7. The highest BCUT2D eigenvalue weighted by Gasteiger charge is 2.15. The lowest BCUT2D eigenvalue weighted by molar-refractivity contribution is 0.405. The second-order valence-electron chi connectivity index (χ2n) is 4.24. The molecule has 5 N–H and O–H groups in total. The first kappa shape index (κ1) is 14.4. The SMILES string of the molecule is COc1cccc(Sc2nc(N)cc(=O)[nH]2)c1[C@@H](C)N. The third-order valence-electron chi connectivity index (χ3n) is 2.65. The van der Waals surface area contributed by atoms with Crippen molar-refractivity contribution in [2.24, 2.45) is 5.73 Å². The first-order valence-corrected chi connectivity index (χ1v) is 6.80. The maximum absolute atomic E-state index is 11.4. The molecular weight excluding hydrogens is 276 g/mol. The van der Waals surface area contributed by atoms with Gasteiger partial charge in [-0.1, -0.05) is 17.8 Å². The summed E-state index contributed by atoms with van der Waals surface area (Å²) in [4.78, 5) is 19.0. The van der Waals surface area contributed by atoms with Crippen molar-refractivity contribution in [3.05, 3.63) is 40.2 Å². The van der Waals surface area contributed by atoms with E-state index in [-0.39, 0.29) is 17.4 Å². The molecule has 0 aliphatic heterocycles. The van der Waals surface area contributed by atoms with Crippen molar-refractivity contribution in [1.82, 2.24) is 9.97 Å². The predicted octanol–water partition coefficient (Wildman–Crippen LogP) is 1.53. The van der Waals surface area contributed by atoms with Crippen LogP contribution in [0, 0.1) is 0 Å². The second kappa shape index (κ2) is 5.98. The summed E-state index contributed by atoms with van der Waals surface area (Å²) in [5, 5.41) is 0.421. The zero-order valence-corrected chi connectivity index (χ0v) is 12.0. The van der Waals surface area contributed by atoms with Gasteiger partial charge in [0.2, 0.25) is 0 Å². The molecule has 1 aromatic carbocycles. The number of nitrogens with two attached hydrogens (primary N) is 2. The monoisotopic (exact) mass is 292 g/mol. The first-order valence-electron chi connectivity index (χ1n) is 5.98. The average molecular weight is 292 g/mol. The van der Waals surface area contributed by atoms with Crippen molar-refractivity contribution < 1.29 is 4.74 Å². The molecule has 0 fully saturated rings. The van der Waals surface area contributed by atoms with Gasteiger partial charge in [-0.05, 0) is 19.1 Å². The van der Waals surface area contributed by atoms with E-state index in [0.29, 0.717) is 10.9 Å². The number of ether oxygens (including phenoxy) is 1. The summed E-state index contributed by atoms with van der Waals surface area (Å²) in [5.41, 5.74) is 12.1. The van der Waals surface area contributed by atoms with Crippen LogP contribution in [0.25, 0.3) is 0 Å². The Morgan fingerprint density at radius 2 is 2.20 bits per heavy atom. The lowest BCUT2D eigenvalue weighted by Crippen LogP contribution is -2.11. The van der Waals surface area contributed by atoms with Crippen LogP contribution in [0.2, 0.25) is 0 Å². The van der Waals surface area contributed by atoms with Crippen LogP contribution in [0.4, 0.5) is 5.82 Å². The smallest absolute Gasteiger partial charge is 0.253 e. The largest absolute Gasteiger partial charge is 0.496 e. The molecule has 0 unspecified atom stereocenters. The third kappa shape index (κ3) is 3.12. The number of H-pyrrole nitrogens is 1. The number of benzene rings is 1. The molecule has 1 aromatic heterocycles. The van der Waals surface area contributed by atoms with Gasteiger partial charge in [-0.15, -0.1) is 0 Å². The fourth-order valence-electron chi connectivity index (χ4n) is 1.85. The Morgan fingerprint density at radius 1 is 1.45 bits per heavy atom. The number of aromatic amines is 1. The highest BCUT2D eigenvalue weighted by atomic mass is 32.2. The Hall–Kier alpha value is -1.99. The van der Waals surface area contributed by atoms with Crippen LogP contribution in [-0.4, -0.2) is 17.1 Å². The van der Waals surface area contributed by atoms with Crippen molar-refractivity contribution in [3.8, 4) is 5.75 Å². The molecule has 0 aliphatic carbocycles. The molecule has 0 spiro atoms. The molecule has 106 valence electrons. The lowest BCUT2D eigenvalue weighted by atomic mass is 10.1. The van der Waals surface area contributed by atoms with E-state index in [9.17, 15) is 4.79 Å². The molecule has 0 bridgehead atoms. The molecule has 2 aromatic rings. The molecule has 0 aliphatic rings. The summed E-state index contributed by atoms with van der Waals surface area (Å²) in [7, 11) is 1.59. The third-order valence-corrected chi connectivity index (χ3v) is 3.61. The molecule has 0 saturated heterocycles. The maximum atomic E-state index is 11.4. The van der Waals surface area contributed by atoms with Gasteiger partial charge in [-0.3, -0.25) is 4.79 Å². The minimum Gasteiger partial charge on any atom is -0.496 e. The number of rotatable bonds is 4. The number of aromatic nitrogens is 2. The molecule has 2 rings (SSSR count). The molecule has 0 radical (unpaired) electrons. The van der Waals surface area contributed by atoms with E-state index in [2.05, 4.69) is 9.97 Å². The lowest BCUT2D eigenvalue weighted by Gasteiger charge is -2.15. The Bertz CT molecular complexity index is 670. The molecule has 6 nitrogen and oxygen atoms in total. The molecule has 0 saturated carbocycles. The van der Waals surface area contributed by atoms with E-state index >= 15 is 0 Å². The van der Waals surface area contributed by atoms with Gasteiger partial charge in [0.15, 0.2) is 5.16 Å². The van der Waals surface area contributed by atoms with Crippen molar-refractivity contribution >= 4 is 17.6 Å². The fourth-order valence-corrected chi connectivity index (χ4v) is 2.90. The number of nitrogens with one attached hydrogen (secondary N) is 1. The first-order chi connectivity index (χ1) is 9.51. The summed E-state index contributed by atoms with van der Waals surface area (Å²) >= 11 is 1.29. The maximum Gasteiger partial charge on any atom is 0.253 e. The molecule has 0 amide bonds. The number of anilines is 1. The van der Waals surface area contributed by atoms with Crippen LogP contribution in [0.3, 0.4) is 0 Å². The number of hydrogen-bond donors (Lipinski definition) is 3. The second-order valence-corrected chi connectivity index (χ2v) is 5.27. The van der Waals surface area contributed by atoms with Crippen molar-refractivity contribution in [3.63, 3.8) is 0 Å². The Balaban J connectivity index is 2.45. The fraction of sp³-hybridized carbons (Fsp3) is 0.231. The zero-order valence-electron chi connectivity index (χ0n) is 11.2. The van der Waals surface area contributed by atoms with Gasteiger partial charge in [0.1, 0.15) is 11.6 Å². The summed E-state index contributed by atoms with van der Waals surface area (Å²) < 4.78 is 5.32. The van der Waals surface area contributed by atoms with Gasteiger partial charge in [0.05, 0.1) is 7.11 Å². The van der Waals surface area contributed by atoms with Gasteiger partial charge in [-0.25, -0.2) is 4.98 Å². The Labute approximate surface area is 120 Å². The predicted molar refractivity (Wildman–Crippen MR) is 79.0 cm³/mol.